The minimum Gasteiger partial charge on any atom is -0.496 e. The minimum absolute atomic E-state index is 0.0258. The lowest BCUT2D eigenvalue weighted by molar-refractivity contribution is -0.151. The van der Waals surface area contributed by atoms with E-state index in [1.165, 1.54) is 7.11 Å². The van der Waals surface area contributed by atoms with Gasteiger partial charge in [-0.15, -0.1) is 0 Å². The average molecular weight is 511 g/mol. The third-order valence-electron chi connectivity index (χ3n) is 7.13. The van der Waals surface area contributed by atoms with Gasteiger partial charge in [0.1, 0.15) is 11.8 Å². The Labute approximate surface area is 225 Å². The predicted octanol–water partition coefficient (Wildman–Crippen LogP) is 4.26. The first-order valence-corrected chi connectivity index (χ1v) is 12.7. The normalized spacial score (nSPS) is 16.7. The highest BCUT2D eigenvalue weighted by atomic mass is 16.5. The molecule has 6 nitrogen and oxygen atoms in total. The van der Waals surface area contributed by atoms with E-state index >= 15 is 0 Å². The molecule has 0 radical (unpaired) electrons. The third-order valence-corrected chi connectivity index (χ3v) is 7.13. The Hall–Kier alpha value is -4.08. The van der Waals surface area contributed by atoms with Crippen molar-refractivity contribution in [3.63, 3.8) is 0 Å². The Balaban J connectivity index is 1.54. The first kappa shape index (κ1) is 27.0. The molecular formula is C32H34N2O4. The summed E-state index contributed by atoms with van der Waals surface area (Å²) in [5.41, 5.74) is 3.74. The van der Waals surface area contributed by atoms with E-state index in [0.29, 0.717) is 19.5 Å². The summed E-state index contributed by atoms with van der Waals surface area (Å²) in [7, 11) is 5.00. The van der Waals surface area contributed by atoms with Crippen molar-refractivity contribution in [1.82, 2.24) is 9.80 Å². The summed E-state index contributed by atoms with van der Waals surface area (Å²) in [5.74, 6) is 6.28. The van der Waals surface area contributed by atoms with Crippen LogP contribution in [0.2, 0.25) is 0 Å². The van der Waals surface area contributed by atoms with E-state index in [-0.39, 0.29) is 11.9 Å². The van der Waals surface area contributed by atoms with Crippen molar-refractivity contribution in [3.8, 4) is 17.6 Å². The smallest absolute Gasteiger partial charge is 0.328 e. The molecule has 0 aliphatic carbocycles. The zero-order valence-electron chi connectivity index (χ0n) is 22.4. The Bertz CT molecular complexity index is 1270. The van der Waals surface area contributed by atoms with Crippen LogP contribution < -0.4 is 4.74 Å². The summed E-state index contributed by atoms with van der Waals surface area (Å²) < 4.78 is 10.4. The van der Waals surface area contributed by atoms with E-state index < -0.39 is 17.9 Å². The number of likely N-dealkylation sites (N-methyl/N-ethyl adjacent to an activating group) is 1. The molecule has 0 spiro atoms. The largest absolute Gasteiger partial charge is 0.496 e. The second kappa shape index (κ2) is 12.4. The Morgan fingerprint density at radius 3 is 2.18 bits per heavy atom. The van der Waals surface area contributed by atoms with Crippen LogP contribution in [0.3, 0.4) is 0 Å². The molecule has 1 fully saturated rings. The maximum absolute atomic E-state index is 14.1. The molecule has 1 heterocycles. The van der Waals surface area contributed by atoms with Crippen LogP contribution in [0.1, 0.15) is 34.6 Å². The molecule has 0 unspecified atom stereocenters. The summed E-state index contributed by atoms with van der Waals surface area (Å²) in [6, 6.07) is 24.6. The Morgan fingerprint density at radius 2 is 1.63 bits per heavy atom. The highest BCUT2D eigenvalue weighted by Crippen LogP contribution is 2.32. The summed E-state index contributed by atoms with van der Waals surface area (Å²) in [4.78, 5) is 30.7. The van der Waals surface area contributed by atoms with E-state index in [1.807, 2.05) is 92.8 Å². The van der Waals surface area contributed by atoms with Crippen molar-refractivity contribution in [1.29, 1.82) is 0 Å². The first-order chi connectivity index (χ1) is 18.4. The van der Waals surface area contributed by atoms with Gasteiger partial charge in [-0.25, -0.2) is 4.79 Å². The zero-order valence-corrected chi connectivity index (χ0v) is 22.4. The topological polar surface area (TPSA) is 59.1 Å². The van der Waals surface area contributed by atoms with Crippen LogP contribution in [-0.2, 0) is 14.3 Å². The highest BCUT2D eigenvalue weighted by molar-refractivity contribution is 5.91. The molecule has 196 valence electrons. The number of amides is 1. The number of hydrogen-bond acceptors (Lipinski definition) is 5. The number of aryl methyl sites for hydroxylation is 1. The molecule has 0 aromatic heterocycles. The second-order valence-electron chi connectivity index (χ2n) is 9.57. The fraction of sp³-hybridized carbons (Fsp3) is 0.312. The molecule has 3 aromatic rings. The molecule has 6 heteroatoms. The molecule has 2 atom stereocenters. The quantitative estimate of drug-likeness (QED) is 0.351. The maximum atomic E-state index is 14.1. The van der Waals surface area contributed by atoms with Gasteiger partial charge in [0.15, 0.2) is 0 Å². The molecule has 1 aliphatic rings. The van der Waals surface area contributed by atoms with Crippen LogP contribution in [-0.4, -0.2) is 68.1 Å². The zero-order chi connectivity index (χ0) is 27.1. The van der Waals surface area contributed by atoms with Crippen LogP contribution in [0.5, 0.6) is 5.75 Å². The lowest BCUT2D eigenvalue weighted by Gasteiger charge is -2.28. The second-order valence-corrected chi connectivity index (χ2v) is 9.57. The van der Waals surface area contributed by atoms with Gasteiger partial charge >= 0.3 is 5.97 Å². The molecule has 38 heavy (non-hydrogen) atoms. The monoisotopic (exact) mass is 510 g/mol. The average Bonchev–Trinajstić information content (AvgIpc) is 3.40. The van der Waals surface area contributed by atoms with Crippen LogP contribution >= 0.6 is 0 Å². The Kier molecular flexibility index (Phi) is 8.83. The van der Waals surface area contributed by atoms with Crippen molar-refractivity contribution in [2.24, 2.45) is 0 Å². The number of nitrogens with zero attached hydrogens (tertiary/aromatic N) is 2. The third kappa shape index (κ3) is 6.07. The van der Waals surface area contributed by atoms with Crippen LogP contribution in [0.4, 0.5) is 0 Å². The van der Waals surface area contributed by atoms with Gasteiger partial charge < -0.3 is 14.4 Å². The number of hydrogen-bond donors (Lipinski definition) is 0. The predicted molar refractivity (Wildman–Crippen MR) is 148 cm³/mol. The summed E-state index contributed by atoms with van der Waals surface area (Å²) in [5, 5.41) is 0. The number of likely N-dealkylation sites (tertiary alicyclic amines) is 1. The summed E-state index contributed by atoms with van der Waals surface area (Å²) >= 11 is 0. The molecule has 1 aliphatic heterocycles. The van der Waals surface area contributed by atoms with Gasteiger partial charge in [0, 0.05) is 18.2 Å². The molecule has 1 saturated heterocycles. The molecule has 4 rings (SSSR count). The van der Waals surface area contributed by atoms with E-state index in [0.717, 1.165) is 28.0 Å². The Morgan fingerprint density at radius 1 is 1.00 bits per heavy atom. The lowest BCUT2D eigenvalue weighted by atomic mass is 9.90. The number of carbonyl (C=O) groups is 2. The van der Waals surface area contributed by atoms with E-state index in [2.05, 4.69) is 16.7 Å². The van der Waals surface area contributed by atoms with Crippen molar-refractivity contribution < 1.29 is 19.1 Å². The molecule has 3 aromatic carbocycles. The van der Waals surface area contributed by atoms with Crippen molar-refractivity contribution >= 4 is 11.9 Å². The van der Waals surface area contributed by atoms with Crippen molar-refractivity contribution in [2.45, 2.75) is 31.3 Å². The van der Waals surface area contributed by atoms with E-state index in [1.54, 1.807) is 12.0 Å². The van der Waals surface area contributed by atoms with Crippen molar-refractivity contribution in [3.05, 3.63) is 101 Å². The highest BCUT2D eigenvalue weighted by Gasteiger charge is 2.44. The fourth-order valence-corrected chi connectivity index (χ4v) is 5.02. The van der Waals surface area contributed by atoms with Crippen LogP contribution in [0, 0.1) is 18.8 Å². The van der Waals surface area contributed by atoms with E-state index in [9.17, 15) is 9.59 Å². The lowest BCUT2D eigenvalue weighted by Crippen LogP contribution is -2.44. The van der Waals surface area contributed by atoms with Gasteiger partial charge in [-0.2, -0.15) is 0 Å². The van der Waals surface area contributed by atoms with Crippen LogP contribution in [0.25, 0.3) is 0 Å². The number of esters is 1. The number of benzene rings is 3. The van der Waals surface area contributed by atoms with Crippen molar-refractivity contribution in [2.75, 3.05) is 34.4 Å². The van der Waals surface area contributed by atoms with Gasteiger partial charge in [-0.05, 0) is 55.3 Å². The standard InChI is InChI=1S/C32H34N2O4/c1-23-20-24(17-18-29(23)37-3)12-11-19-33(2)27-21-28(32(36)38-4)34(22-27)31(35)30(25-13-7-5-8-14-25)26-15-9-6-10-16-26/h5-10,13-18,20,27-28,30H,19,21-22H2,1-4H3/t27-,28-/m0/s1. The number of ether oxygens (including phenoxy) is 2. The molecule has 0 N–H and O–H groups in total. The SMILES string of the molecule is COC(=O)[C@@H]1C[C@H](N(C)CC#Cc2ccc(OC)c(C)c2)CN1C(=O)C(c1ccccc1)c1ccccc1. The summed E-state index contributed by atoms with van der Waals surface area (Å²) in [6.45, 7) is 2.92. The van der Waals surface area contributed by atoms with Gasteiger partial charge in [-0.1, -0.05) is 72.5 Å². The fourth-order valence-electron chi connectivity index (χ4n) is 5.02. The maximum Gasteiger partial charge on any atom is 0.328 e. The van der Waals surface area contributed by atoms with Gasteiger partial charge in [-0.3, -0.25) is 9.69 Å². The molecular weight excluding hydrogens is 476 g/mol. The summed E-state index contributed by atoms with van der Waals surface area (Å²) in [6.07, 6.45) is 0.495. The molecule has 1 amide bonds. The van der Waals surface area contributed by atoms with E-state index in [4.69, 9.17) is 9.47 Å². The number of methoxy groups -OCH3 is 2. The minimum atomic E-state index is -0.646. The number of rotatable bonds is 7. The first-order valence-electron chi connectivity index (χ1n) is 12.7. The number of carbonyl (C=O) groups excluding carboxylic acids is 2. The van der Waals surface area contributed by atoms with Crippen LogP contribution in [0.15, 0.2) is 78.9 Å². The van der Waals surface area contributed by atoms with Gasteiger partial charge in [0.2, 0.25) is 5.91 Å². The molecule has 0 saturated carbocycles. The van der Waals surface area contributed by atoms with Gasteiger partial charge in [0.25, 0.3) is 0 Å². The molecule has 0 bridgehead atoms. The van der Waals surface area contributed by atoms with Gasteiger partial charge in [0.05, 0.1) is 26.7 Å².